The first kappa shape index (κ1) is 16.0. The fourth-order valence-corrected chi connectivity index (χ4v) is 2.57. The fraction of sp³-hybridized carbons (Fsp3) is 0.353. The summed E-state index contributed by atoms with van der Waals surface area (Å²) < 4.78 is 5.66. The summed E-state index contributed by atoms with van der Waals surface area (Å²) in [6.45, 7) is 1.08. The molecule has 0 amide bonds. The van der Waals surface area contributed by atoms with Crippen LogP contribution in [0, 0.1) is 0 Å². The van der Waals surface area contributed by atoms with Crippen LogP contribution in [0.4, 0.5) is 5.95 Å². The van der Waals surface area contributed by atoms with Crippen molar-refractivity contribution < 1.29 is 4.74 Å². The first-order valence-electron chi connectivity index (χ1n) is 7.91. The van der Waals surface area contributed by atoms with Gasteiger partial charge in [0.2, 0.25) is 5.95 Å². The number of hydrogen-bond donors (Lipinski definition) is 2. The molecule has 0 fully saturated rings. The molecule has 1 aromatic heterocycles. The number of fused-ring (bicyclic) bond motifs is 1. The Labute approximate surface area is 141 Å². The number of nitrogens with one attached hydrogen (secondary N) is 1. The highest BCUT2D eigenvalue weighted by Gasteiger charge is 2.21. The molecule has 7 heteroatoms. The molecule has 7 nitrogen and oxygen atoms in total. The van der Waals surface area contributed by atoms with E-state index in [-0.39, 0.29) is 6.04 Å². The van der Waals surface area contributed by atoms with E-state index in [9.17, 15) is 0 Å². The number of hydrogen-bond acceptors (Lipinski definition) is 5. The highest BCUT2D eigenvalue weighted by Crippen LogP contribution is 2.31. The molecule has 2 aromatic rings. The summed E-state index contributed by atoms with van der Waals surface area (Å²) in [6, 6.07) is 9.94. The van der Waals surface area contributed by atoms with Crippen LogP contribution in [0.25, 0.3) is 0 Å². The molecule has 126 valence electrons. The molecule has 0 saturated heterocycles. The summed E-state index contributed by atoms with van der Waals surface area (Å²) in [5.41, 5.74) is 7.99. The van der Waals surface area contributed by atoms with Crippen LogP contribution in [0.1, 0.15) is 23.7 Å². The van der Waals surface area contributed by atoms with Crippen molar-refractivity contribution in [1.29, 1.82) is 0 Å². The Kier molecular flexibility index (Phi) is 4.79. The lowest BCUT2D eigenvalue weighted by molar-refractivity contribution is 0.262. The quantitative estimate of drug-likeness (QED) is 0.653. The van der Waals surface area contributed by atoms with Gasteiger partial charge in [0.15, 0.2) is 5.96 Å². The SMILES string of the molecule is CN(C)c1nccc(CN=C(N)NC2CCOc3ccccc32)n1. The first-order valence-corrected chi connectivity index (χ1v) is 7.91. The maximum Gasteiger partial charge on any atom is 0.225 e. The van der Waals surface area contributed by atoms with Gasteiger partial charge in [0, 0.05) is 32.3 Å². The molecule has 0 radical (unpaired) electrons. The van der Waals surface area contributed by atoms with Crippen LogP contribution in [-0.2, 0) is 6.54 Å². The molecule has 0 aliphatic carbocycles. The molecule has 1 aliphatic rings. The van der Waals surface area contributed by atoms with Gasteiger partial charge in [-0.15, -0.1) is 0 Å². The standard InChI is InChI=1S/C17H22N6O/c1-23(2)17-19-9-7-12(21-17)11-20-16(18)22-14-8-10-24-15-6-4-3-5-13(14)15/h3-7,9,14H,8,10-11H2,1-2H3,(H3,18,20,22). The monoisotopic (exact) mass is 326 g/mol. The number of ether oxygens (including phenoxy) is 1. The predicted molar refractivity (Wildman–Crippen MR) is 94.1 cm³/mol. The molecule has 1 unspecified atom stereocenters. The predicted octanol–water partition coefficient (Wildman–Crippen LogP) is 1.47. The van der Waals surface area contributed by atoms with Crippen molar-refractivity contribution in [3.05, 3.63) is 47.8 Å². The van der Waals surface area contributed by atoms with Crippen molar-refractivity contribution >= 4 is 11.9 Å². The summed E-state index contributed by atoms with van der Waals surface area (Å²) in [5.74, 6) is 1.97. The van der Waals surface area contributed by atoms with Crippen LogP contribution in [0.15, 0.2) is 41.5 Å². The lowest BCUT2D eigenvalue weighted by atomic mass is 10.0. The van der Waals surface area contributed by atoms with Crippen molar-refractivity contribution in [2.45, 2.75) is 19.0 Å². The van der Waals surface area contributed by atoms with Gasteiger partial charge in [-0.25, -0.2) is 15.0 Å². The first-order chi connectivity index (χ1) is 11.6. The van der Waals surface area contributed by atoms with Gasteiger partial charge in [0.25, 0.3) is 0 Å². The summed E-state index contributed by atoms with van der Waals surface area (Å²) in [7, 11) is 3.81. The minimum Gasteiger partial charge on any atom is -0.493 e. The molecule has 1 aliphatic heterocycles. The Bertz CT molecular complexity index is 731. The molecule has 0 spiro atoms. The number of guanidine groups is 1. The van der Waals surface area contributed by atoms with Gasteiger partial charge in [0.1, 0.15) is 5.75 Å². The van der Waals surface area contributed by atoms with Crippen LogP contribution in [0.3, 0.4) is 0 Å². The van der Waals surface area contributed by atoms with Crippen molar-refractivity contribution in [3.63, 3.8) is 0 Å². The molecule has 3 rings (SSSR count). The largest absolute Gasteiger partial charge is 0.493 e. The second-order valence-corrected chi connectivity index (χ2v) is 5.82. The van der Waals surface area contributed by atoms with Crippen molar-refractivity contribution in [1.82, 2.24) is 15.3 Å². The molecule has 0 saturated carbocycles. The average molecular weight is 326 g/mol. The van der Waals surface area contributed by atoms with Gasteiger partial charge in [0.05, 0.1) is 24.9 Å². The topological polar surface area (TPSA) is 88.7 Å². The van der Waals surface area contributed by atoms with E-state index in [0.717, 1.165) is 23.4 Å². The molecule has 24 heavy (non-hydrogen) atoms. The number of nitrogens with two attached hydrogens (primary N) is 1. The van der Waals surface area contributed by atoms with Crippen molar-refractivity contribution in [3.8, 4) is 5.75 Å². The summed E-state index contributed by atoms with van der Waals surface area (Å²) in [6.07, 6.45) is 2.58. The lowest BCUT2D eigenvalue weighted by Gasteiger charge is -2.26. The minimum absolute atomic E-state index is 0.112. The Morgan fingerprint density at radius 2 is 2.21 bits per heavy atom. The molecule has 3 N–H and O–H groups in total. The van der Waals surface area contributed by atoms with E-state index in [1.54, 1.807) is 6.20 Å². The highest BCUT2D eigenvalue weighted by molar-refractivity contribution is 5.78. The molecular formula is C17H22N6O. The average Bonchev–Trinajstić information content (AvgIpc) is 2.60. The van der Waals surface area contributed by atoms with Crippen LogP contribution >= 0.6 is 0 Å². The summed E-state index contributed by atoms with van der Waals surface area (Å²) >= 11 is 0. The van der Waals surface area contributed by atoms with Gasteiger partial charge >= 0.3 is 0 Å². The van der Waals surface area contributed by atoms with E-state index < -0.39 is 0 Å². The summed E-state index contributed by atoms with van der Waals surface area (Å²) in [4.78, 5) is 14.9. The highest BCUT2D eigenvalue weighted by atomic mass is 16.5. The van der Waals surface area contributed by atoms with Gasteiger partial charge in [-0.2, -0.15) is 0 Å². The maximum atomic E-state index is 6.05. The second kappa shape index (κ2) is 7.16. The van der Waals surface area contributed by atoms with Crippen LogP contribution in [0.2, 0.25) is 0 Å². The fourth-order valence-electron chi connectivity index (χ4n) is 2.57. The van der Waals surface area contributed by atoms with Gasteiger partial charge < -0.3 is 20.7 Å². The molecular weight excluding hydrogens is 304 g/mol. The maximum absolute atomic E-state index is 6.05. The number of anilines is 1. The van der Waals surface area contributed by atoms with Crippen molar-refractivity contribution in [2.24, 2.45) is 10.7 Å². The number of para-hydroxylation sites is 1. The number of aliphatic imine (C=N–C) groups is 1. The van der Waals surface area contributed by atoms with E-state index in [1.165, 1.54) is 0 Å². The molecule has 1 aromatic carbocycles. The van der Waals surface area contributed by atoms with Crippen LogP contribution in [0.5, 0.6) is 5.75 Å². The third-order valence-electron chi connectivity index (χ3n) is 3.79. The van der Waals surface area contributed by atoms with Gasteiger partial charge in [-0.1, -0.05) is 18.2 Å². The number of benzene rings is 1. The zero-order valence-electron chi connectivity index (χ0n) is 13.9. The van der Waals surface area contributed by atoms with E-state index in [0.29, 0.717) is 25.1 Å². The molecule has 1 atom stereocenters. The smallest absolute Gasteiger partial charge is 0.225 e. The molecule has 0 bridgehead atoms. The number of nitrogens with zero attached hydrogens (tertiary/aromatic N) is 4. The zero-order valence-corrected chi connectivity index (χ0v) is 13.9. The van der Waals surface area contributed by atoms with Crippen molar-refractivity contribution in [2.75, 3.05) is 25.6 Å². The third-order valence-corrected chi connectivity index (χ3v) is 3.79. The van der Waals surface area contributed by atoms with E-state index in [1.807, 2.05) is 49.3 Å². The Morgan fingerprint density at radius 3 is 3.04 bits per heavy atom. The number of aromatic nitrogens is 2. The number of rotatable bonds is 4. The Balaban J connectivity index is 1.66. The van der Waals surface area contributed by atoms with Gasteiger partial charge in [-0.05, 0) is 12.1 Å². The third kappa shape index (κ3) is 3.73. The lowest BCUT2D eigenvalue weighted by Crippen LogP contribution is -2.37. The van der Waals surface area contributed by atoms with E-state index in [2.05, 4.69) is 20.3 Å². The Hall–Kier alpha value is -2.83. The van der Waals surface area contributed by atoms with Crippen LogP contribution < -0.4 is 20.7 Å². The summed E-state index contributed by atoms with van der Waals surface area (Å²) in [5, 5.41) is 3.28. The Morgan fingerprint density at radius 1 is 1.38 bits per heavy atom. The van der Waals surface area contributed by atoms with E-state index >= 15 is 0 Å². The zero-order chi connectivity index (χ0) is 16.9. The minimum atomic E-state index is 0.112. The van der Waals surface area contributed by atoms with Gasteiger partial charge in [-0.3, -0.25) is 0 Å². The van der Waals surface area contributed by atoms with E-state index in [4.69, 9.17) is 10.5 Å². The molecule has 2 heterocycles. The normalized spacial score (nSPS) is 16.9. The second-order valence-electron chi connectivity index (χ2n) is 5.82. The van der Waals surface area contributed by atoms with Crippen LogP contribution in [-0.4, -0.2) is 36.6 Å².